The number of rotatable bonds is 4. The molecule has 0 saturated carbocycles. The predicted octanol–water partition coefficient (Wildman–Crippen LogP) is 1.08. The molecule has 0 unspecified atom stereocenters. The van der Waals surface area contributed by atoms with Gasteiger partial charge in [-0.15, -0.1) is 0 Å². The average Bonchev–Trinajstić information content (AvgIpc) is 2.30. The number of benzene rings is 1. The molecule has 4 N–H and O–H groups in total. The van der Waals surface area contributed by atoms with E-state index in [0.717, 1.165) is 5.56 Å². The number of hydrogen-bond acceptors (Lipinski definition) is 4. The molecule has 0 radical (unpaired) electrons. The van der Waals surface area contributed by atoms with Crippen LogP contribution in [-0.2, 0) is 14.8 Å². The quantitative estimate of drug-likeness (QED) is 0.724. The van der Waals surface area contributed by atoms with Gasteiger partial charge in [-0.25, -0.2) is 13.1 Å². The molecule has 6 nitrogen and oxygen atoms in total. The highest BCUT2D eigenvalue weighted by molar-refractivity contribution is 7.89. The summed E-state index contributed by atoms with van der Waals surface area (Å²) in [4.78, 5) is 11.7. The van der Waals surface area contributed by atoms with E-state index in [2.05, 4.69) is 10.0 Å². The van der Waals surface area contributed by atoms with Gasteiger partial charge in [-0.05, 0) is 51.8 Å². The smallest absolute Gasteiger partial charge is 0.243 e. The van der Waals surface area contributed by atoms with Crippen LogP contribution in [0.1, 0.15) is 31.9 Å². The molecule has 1 rings (SSSR count). The third kappa shape index (κ3) is 4.71. The largest absolute Gasteiger partial charge is 0.398 e. The zero-order valence-corrected chi connectivity index (χ0v) is 13.9. The number of amides is 1. The van der Waals surface area contributed by atoms with Crippen LogP contribution < -0.4 is 15.8 Å². The maximum Gasteiger partial charge on any atom is 0.243 e. The van der Waals surface area contributed by atoms with Gasteiger partial charge in [0, 0.05) is 5.54 Å². The first kappa shape index (κ1) is 17.5. The van der Waals surface area contributed by atoms with Gasteiger partial charge in [-0.3, -0.25) is 4.79 Å². The van der Waals surface area contributed by atoms with Gasteiger partial charge in [0.15, 0.2) is 0 Å². The molecule has 118 valence electrons. The third-order valence-corrected chi connectivity index (χ3v) is 4.52. The van der Waals surface area contributed by atoms with E-state index in [9.17, 15) is 13.2 Å². The molecule has 0 aromatic heterocycles. The molecule has 0 aliphatic heterocycles. The van der Waals surface area contributed by atoms with Gasteiger partial charge in [-0.1, -0.05) is 6.07 Å². The van der Waals surface area contributed by atoms with Crippen molar-refractivity contribution in [2.24, 2.45) is 0 Å². The lowest BCUT2D eigenvalue weighted by molar-refractivity contribution is -0.121. The van der Waals surface area contributed by atoms with Crippen LogP contribution in [0.15, 0.2) is 17.0 Å². The van der Waals surface area contributed by atoms with Crippen molar-refractivity contribution in [1.29, 1.82) is 0 Å². The number of hydrogen-bond donors (Lipinski definition) is 3. The van der Waals surface area contributed by atoms with Crippen LogP contribution >= 0.6 is 0 Å². The number of carbonyl (C=O) groups excluding carboxylic acids is 1. The summed E-state index contributed by atoms with van der Waals surface area (Å²) in [6, 6.07) is 3.31. The topological polar surface area (TPSA) is 101 Å². The Kier molecular flexibility index (Phi) is 5.01. The first-order valence-corrected chi connectivity index (χ1v) is 8.09. The molecule has 0 heterocycles. The highest BCUT2D eigenvalue weighted by Gasteiger charge is 2.22. The van der Waals surface area contributed by atoms with E-state index in [0.29, 0.717) is 5.56 Å². The molecule has 0 saturated heterocycles. The first-order valence-electron chi connectivity index (χ1n) is 6.60. The standard InChI is InChI=1S/C14H23N3O3S/c1-9-6-7-11(15)13(10(9)2)21(19,20)16-8-12(18)17-14(3,4)5/h6-7,16H,8,15H2,1-5H3,(H,17,18). The summed E-state index contributed by atoms with van der Waals surface area (Å²) in [5.41, 5.74) is 6.92. The number of sulfonamides is 1. The van der Waals surface area contributed by atoms with Crippen molar-refractivity contribution in [3.63, 3.8) is 0 Å². The molecule has 1 aromatic carbocycles. The summed E-state index contributed by atoms with van der Waals surface area (Å²) in [7, 11) is -3.83. The molecule has 1 aromatic rings. The fraction of sp³-hybridized carbons (Fsp3) is 0.500. The van der Waals surface area contributed by atoms with E-state index >= 15 is 0 Å². The van der Waals surface area contributed by atoms with E-state index in [-0.39, 0.29) is 17.1 Å². The third-order valence-electron chi connectivity index (χ3n) is 2.91. The summed E-state index contributed by atoms with van der Waals surface area (Å²) in [6.07, 6.45) is 0. The van der Waals surface area contributed by atoms with E-state index in [1.165, 1.54) is 0 Å². The number of anilines is 1. The minimum absolute atomic E-state index is 0.0334. The minimum atomic E-state index is -3.83. The molecule has 0 aliphatic rings. The molecule has 0 bridgehead atoms. The van der Waals surface area contributed by atoms with Gasteiger partial charge >= 0.3 is 0 Å². The Morgan fingerprint density at radius 2 is 1.81 bits per heavy atom. The molecule has 21 heavy (non-hydrogen) atoms. The van der Waals surface area contributed by atoms with Gasteiger partial charge in [0.25, 0.3) is 0 Å². The molecular formula is C14H23N3O3S. The first-order chi connectivity index (χ1) is 9.44. The van der Waals surface area contributed by atoms with Crippen LogP contribution in [0.3, 0.4) is 0 Å². The fourth-order valence-electron chi connectivity index (χ4n) is 1.86. The second-order valence-corrected chi connectivity index (χ2v) is 7.75. The van der Waals surface area contributed by atoms with Crippen LogP contribution in [0, 0.1) is 13.8 Å². The number of carbonyl (C=O) groups is 1. The van der Waals surface area contributed by atoms with Crippen molar-refractivity contribution in [3.8, 4) is 0 Å². The van der Waals surface area contributed by atoms with E-state index < -0.39 is 21.5 Å². The number of nitrogen functional groups attached to an aromatic ring is 1. The summed E-state index contributed by atoms with van der Waals surface area (Å²) < 4.78 is 26.9. The van der Waals surface area contributed by atoms with Crippen LogP contribution in [-0.4, -0.2) is 26.4 Å². The van der Waals surface area contributed by atoms with E-state index in [4.69, 9.17) is 5.73 Å². The van der Waals surface area contributed by atoms with Crippen molar-refractivity contribution in [1.82, 2.24) is 10.0 Å². The van der Waals surface area contributed by atoms with Crippen molar-refractivity contribution in [3.05, 3.63) is 23.3 Å². The Morgan fingerprint density at radius 3 is 2.33 bits per heavy atom. The Balaban J connectivity index is 2.94. The van der Waals surface area contributed by atoms with Gasteiger partial charge in [-0.2, -0.15) is 0 Å². The summed E-state index contributed by atoms with van der Waals surface area (Å²) in [5, 5.41) is 2.69. The summed E-state index contributed by atoms with van der Waals surface area (Å²) in [5.74, 6) is -0.394. The predicted molar refractivity (Wildman–Crippen MR) is 83.4 cm³/mol. The number of aryl methyl sites for hydroxylation is 1. The second-order valence-electron chi connectivity index (χ2n) is 6.05. The number of nitrogens with two attached hydrogens (primary N) is 1. The minimum Gasteiger partial charge on any atom is -0.398 e. The lowest BCUT2D eigenvalue weighted by Crippen LogP contribution is -2.45. The van der Waals surface area contributed by atoms with Gasteiger partial charge < -0.3 is 11.1 Å². The zero-order valence-electron chi connectivity index (χ0n) is 13.1. The lowest BCUT2D eigenvalue weighted by atomic mass is 10.1. The molecule has 0 aliphatic carbocycles. The van der Waals surface area contributed by atoms with Crippen LogP contribution in [0.4, 0.5) is 5.69 Å². The van der Waals surface area contributed by atoms with Crippen molar-refractivity contribution < 1.29 is 13.2 Å². The monoisotopic (exact) mass is 313 g/mol. The Morgan fingerprint density at radius 1 is 1.24 bits per heavy atom. The molecule has 7 heteroatoms. The molecular weight excluding hydrogens is 290 g/mol. The SMILES string of the molecule is Cc1ccc(N)c(S(=O)(=O)NCC(=O)NC(C)(C)C)c1C. The highest BCUT2D eigenvalue weighted by Crippen LogP contribution is 2.24. The van der Waals surface area contributed by atoms with Gasteiger partial charge in [0.2, 0.25) is 15.9 Å². The van der Waals surface area contributed by atoms with Gasteiger partial charge in [0.05, 0.1) is 12.2 Å². The Hall–Kier alpha value is -1.60. The highest BCUT2D eigenvalue weighted by atomic mass is 32.2. The average molecular weight is 313 g/mol. The van der Waals surface area contributed by atoms with Crippen LogP contribution in [0.25, 0.3) is 0 Å². The molecule has 0 fully saturated rings. The number of nitrogens with one attached hydrogen (secondary N) is 2. The van der Waals surface area contributed by atoms with Crippen LogP contribution in [0.2, 0.25) is 0 Å². The van der Waals surface area contributed by atoms with Crippen LogP contribution in [0.5, 0.6) is 0 Å². The fourth-order valence-corrected chi connectivity index (χ4v) is 3.27. The zero-order chi connectivity index (χ0) is 16.4. The molecule has 0 spiro atoms. The molecule has 0 atom stereocenters. The Labute approximate surface area is 126 Å². The second kappa shape index (κ2) is 6.03. The normalized spacial score (nSPS) is 12.2. The lowest BCUT2D eigenvalue weighted by Gasteiger charge is -2.21. The van der Waals surface area contributed by atoms with Crippen molar-refractivity contribution in [2.75, 3.05) is 12.3 Å². The summed E-state index contributed by atoms with van der Waals surface area (Å²) >= 11 is 0. The maximum absolute atomic E-state index is 12.3. The maximum atomic E-state index is 12.3. The van der Waals surface area contributed by atoms with Gasteiger partial charge in [0.1, 0.15) is 4.90 Å². The Bertz CT molecular complexity index is 646. The summed E-state index contributed by atoms with van der Waals surface area (Å²) in [6.45, 7) is 8.63. The van der Waals surface area contributed by atoms with Crippen molar-refractivity contribution >= 4 is 21.6 Å². The molecule has 1 amide bonds. The van der Waals surface area contributed by atoms with E-state index in [1.54, 1.807) is 26.0 Å². The van der Waals surface area contributed by atoms with E-state index in [1.807, 2.05) is 20.8 Å². The van der Waals surface area contributed by atoms with Crippen molar-refractivity contribution in [2.45, 2.75) is 45.1 Å².